The van der Waals surface area contributed by atoms with Crippen molar-refractivity contribution in [3.8, 4) is 0 Å². The Labute approximate surface area is 120 Å². The number of halogens is 1. The molecule has 0 heterocycles. The molecule has 20 heavy (non-hydrogen) atoms. The van der Waals surface area contributed by atoms with E-state index in [1.54, 1.807) is 19.9 Å². The Morgan fingerprint density at radius 1 is 1.25 bits per heavy atom. The molecule has 0 saturated carbocycles. The lowest BCUT2D eigenvalue weighted by molar-refractivity contribution is 0.437. The van der Waals surface area contributed by atoms with Crippen molar-refractivity contribution in [3.05, 3.63) is 29.6 Å². The second-order valence-corrected chi connectivity index (χ2v) is 7.04. The van der Waals surface area contributed by atoms with Crippen molar-refractivity contribution in [2.45, 2.75) is 51.1 Å². The van der Waals surface area contributed by atoms with Gasteiger partial charge in [0, 0.05) is 12.1 Å². The first-order valence-corrected chi connectivity index (χ1v) is 8.23. The summed E-state index contributed by atoms with van der Waals surface area (Å²) in [5.74, 6) is -0.732. The quantitative estimate of drug-likeness (QED) is 0.813. The predicted molar refractivity (Wildman–Crippen MR) is 78.5 cm³/mol. The van der Waals surface area contributed by atoms with Crippen molar-refractivity contribution in [2.24, 2.45) is 0 Å². The number of benzene rings is 1. The van der Waals surface area contributed by atoms with Crippen LogP contribution >= 0.6 is 0 Å². The highest BCUT2D eigenvalue weighted by molar-refractivity contribution is 7.89. The summed E-state index contributed by atoms with van der Waals surface area (Å²) in [4.78, 5) is -0.297. The Morgan fingerprint density at radius 3 is 2.45 bits per heavy atom. The Balaban J connectivity index is 3.10. The van der Waals surface area contributed by atoms with Crippen LogP contribution in [0.2, 0.25) is 0 Å². The van der Waals surface area contributed by atoms with E-state index in [0.29, 0.717) is 13.0 Å². The molecule has 0 aliphatic heterocycles. The first kappa shape index (κ1) is 17.1. The zero-order chi connectivity index (χ0) is 15.4. The van der Waals surface area contributed by atoms with Gasteiger partial charge >= 0.3 is 0 Å². The van der Waals surface area contributed by atoms with Crippen molar-refractivity contribution in [2.75, 3.05) is 6.54 Å². The molecule has 6 heteroatoms. The van der Waals surface area contributed by atoms with Gasteiger partial charge in [-0.25, -0.2) is 17.5 Å². The minimum absolute atomic E-state index is 0.297. The Morgan fingerprint density at radius 2 is 1.90 bits per heavy atom. The van der Waals surface area contributed by atoms with Gasteiger partial charge < -0.3 is 5.32 Å². The molecular weight excluding hydrogens is 279 g/mol. The summed E-state index contributed by atoms with van der Waals surface area (Å²) in [6.45, 7) is 8.64. The zero-order valence-electron chi connectivity index (χ0n) is 12.5. The van der Waals surface area contributed by atoms with Crippen LogP contribution in [0.3, 0.4) is 0 Å². The molecule has 2 N–H and O–H groups in total. The van der Waals surface area contributed by atoms with Crippen molar-refractivity contribution in [3.63, 3.8) is 0 Å². The molecule has 4 nitrogen and oxygen atoms in total. The minimum Gasteiger partial charge on any atom is -0.313 e. The van der Waals surface area contributed by atoms with E-state index in [0.717, 1.165) is 12.1 Å². The third-order valence-corrected chi connectivity index (χ3v) is 4.87. The third-order valence-electron chi connectivity index (χ3n) is 3.16. The second-order valence-electron chi connectivity index (χ2n) is 5.39. The molecule has 1 rings (SSSR count). The molecule has 0 atom stereocenters. The average molecular weight is 302 g/mol. The Hall–Kier alpha value is -0.980. The summed E-state index contributed by atoms with van der Waals surface area (Å²) in [6.07, 6.45) is 0.616. The Bertz CT molecular complexity index is 556. The van der Waals surface area contributed by atoms with E-state index < -0.39 is 21.4 Å². The lowest BCUT2D eigenvalue weighted by Crippen LogP contribution is -2.42. The van der Waals surface area contributed by atoms with Crippen LogP contribution in [0.5, 0.6) is 0 Å². The molecular formula is C14H23FN2O2S. The van der Waals surface area contributed by atoms with E-state index in [4.69, 9.17) is 0 Å². The van der Waals surface area contributed by atoms with E-state index in [1.165, 1.54) is 12.1 Å². The van der Waals surface area contributed by atoms with Crippen LogP contribution in [-0.2, 0) is 16.6 Å². The second kappa shape index (κ2) is 6.65. The fraction of sp³-hybridized carbons (Fsp3) is 0.571. The minimum atomic E-state index is -3.86. The van der Waals surface area contributed by atoms with Crippen molar-refractivity contribution >= 4 is 10.0 Å². The maximum atomic E-state index is 13.8. The first-order chi connectivity index (χ1) is 9.22. The van der Waals surface area contributed by atoms with Gasteiger partial charge in [0.25, 0.3) is 0 Å². The average Bonchev–Trinajstić information content (AvgIpc) is 2.36. The zero-order valence-corrected chi connectivity index (χ0v) is 13.3. The van der Waals surface area contributed by atoms with Gasteiger partial charge in [-0.3, -0.25) is 0 Å². The SMILES string of the molecule is CCNCc1ccc(F)c(S(=O)(=O)NC(C)(C)CC)c1. The summed E-state index contributed by atoms with van der Waals surface area (Å²) < 4.78 is 40.9. The smallest absolute Gasteiger partial charge is 0.243 e. The number of sulfonamides is 1. The largest absolute Gasteiger partial charge is 0.313 e. The molecule has 0 unspecified atom stereocenters. The molecule has 1 aromatic rings. The molecule has 0 fully saturated rings. The number of rotatable bonds is 7. The predicted octanol–water partition coefficient (Wildman–Crippen LogP) is 2.40. The lowest BCUT2D eigenvalue weighted by Gasteiger charge is -2.24. The van der Waals surface area contributed by atoms with Crippen LogP contribution in [0.4, 0.5) is 4.39 Å². The molecule has 0 amide bonds. The number of hydrogen-bond acceptors (Lipinski definition) is 3. The van der Waals surface area contributed by atoms with Crippen molar-refractivity contribution in [1.82, 2.24) is 10.0 Å². The van der Waals surface area contributed by atoms with Gasteiger partial charge in [0.15, 0.2) is 0 Å². The van der Waals surface area contributed by atoms with Gasteiger partial charge in [-0.2, -0.15) is 0 Å². The maximum absolute atomic E-state index is 13.8. The normalized spacial score (nSPS) is 12.7. The fourth-order valence-corrected chi connectivity index (χ4v) is 3.24. The van der Waals surface area contributed by atoms with Crippen LogP contribution in [0.15, 0.2) is 23.1 Å². The van der Waals surface area contributed by atoms with Crippen LogP contribution < -0.4 is 10.0 Å². The molecule has 0 saturated heterocycles. The van der Waals surface area contributed by atoms with E-state index in [1.807, 2.05) is 13.8 Å². The van der Waals surface area contributed by atoms with Crippen LogP contribution in [0, 0.1) is 5.82 Å². The fourth-order valence-electron chi connectivity index (χ4n) is 1.62. The summed E-state index contributed by atoms with van der Waals surface area (Å²) in [5, 5.41) is 3.08. The number of hydrogen-bond donors (Lipinski definition) is 2. The molecule has 0 aliphatic carbocycles. The highest BCUT2D eigenvalue weighted by atomic mass is 32.2. The van der Waals surface area contributed by atoms with Crippen LogP contribution in [-0.4, -0.2) is 20.5 Å². The maximum Gasteiger partial charge on any atom is 0.243 e. The standard InChI is InChI=1S/C14H23FN2O2S/c1-5-14(3,4)17-20(18,19)13-9-11(10-16-6-2)7-8-12(13)15/h7-9,16-17H,5-6,10H2,1-4H3. The molecule has 114 valence electrons. The van der Waals surface area contributed by atoms with E-state index >= 15 is 0 Å². The molecule has 0 radical (unpaired) electrons. The first-order valence-electron chi connectivity index (χ1n) is 6.75. The summed E-state index contributed by atoms with van der Waals surface area (Å²) in [7, 11) is -3.86. The van der Waals surface area contributed by atoms with Gasteiger partial charge in [-0.15, -0.1) is 0 Å². The van der Waals surface area contributed by atoms with Crippen molar-refractivity contribution < 1.29 is 12.8 Å². The summed E-state index contributed by atoms with van der Waals surface area (Å²) >= 11 is 0. The van der Waals surface area contributed by atoms with E-state index in [2.05, 4.69) is 10.0 Å². The van der Waals surface area contributed by atoms with Gasteiger partial charge in [-0.05, 0) is 44.5 Å². The van der Waals surface area contributed by atoms with Crippen LogP contribution in [0.25, 0.3) is 0 Å². The summed E-state index contributed by atoms with van der Waals surface area (Å²) in [6, 6.07) is 4.16. The van der Waals surface area contributed by atoms with Gasteiger partial charge in [0.2, 0.25) is 10.0 Å². The molecule has 0 spiro atoms. The highest BCUT2D eigenvalue weighted by Crippen LogP contribution is 2.19. The van der Waals surface area contributed by atoms with Crippen molar-refractivity contribution in [1.29, 1.82) is 0 Å². The Kier molecular flexibility index (Phi) is 5.68. The molecule has 1 aromatic carbocycles. The molecule has 0 aromatic heterocycles. The monoisotopic (exact) mass is 302 g/mol. The van der Waals surface area contributed by atoms with Gasteiger partial charge in [0.1, 0.15) is 10.7 Å². The topological polar surface area (TPSA) is 58.2 Å². The van der Waals surface area contributed by atoms with Gasteiger partial charge in [-0.1, -0.05) is 19.9 Å². The van der Waals surface area contributed by atoms with E-state index in [9.17, 15) is 12.8 Å². The van der Waals surface area contributed by atoms with Crippen LogP contribution in [0.1, 0.15) is 39.7 Å². The lowest BCUT2D eigenvalue weighted by atomic mass is 10.0. The van der Waals surface area contributed by atoms with E-state index in [-0.39, 0.29) is 4.90 Å². The molecule has 0 bridgehead atoms. The van der Waals surface area contributed by atoms with Gasteiger partial charge in [0.05, 0.1) is 0 Å². The number of nitrogens with one attached hydrogen (secondary N) is 2. The summed E-state index contributed by atoms with van der Waals surface area (Å²) in [5.41, 5.74) is 0.131. The molecule has 0 aliphatic rings. The third kappa shape index (κ3) is 4.54. The highest BCUT2D eigenvalue weighted by Gasteiger charge is 2.27.